The van der Waals surface area contributed by atoms with Gasteiger partial charge < -0.3 is 4.18 Å². The first-order chi connectivity index (χ1) is 14.3. The summed E-state index contributed by atoms with van der Waals surface area (Å²) in [6.07, 6.45) is 7.88. The molecule has 0 heterocycles. The zero-order valence-corrected chi connectivity index (χ0v) is 19.4. The molecule has 0 aliphatic heterocycles. The van der Waals surface area contributed by atoms with Crippen molar-refractivity contribution in [2.75, 3.05) is 6.26 Å². The largest absolute Gasteiger partial charge is 0.398 e. The topological polar surface area (TPSA) is 97.1 Å². The van der Waals surface area contributed by atoms with Gasteiger partial charge >= 0.3 is 0 Å². The van der Waals surface area contributed by atoms with Crippen LogP contribution in [-0.4, -0.2) is 20.8 Å². The molecule has 0 spiro atoms. The van der Waals surface area contributed by atoms with Crippen LogP contribution in [0.3, 0.4) is 0 Å². The number of benzene rings is 1. The molecule has 0 bridgehead atoms. The van der Waals surface area contributed by atoms with E-state index in [1.807, 2.05) is 0 Å². The van der Waals surface area contributed by atoms with E-state index < -0.39 is 10.1 Å². The van der Waals surface area contributed by atoms with Crippen molar-refractivity contribution in [3.8, 4) is 5.75 Å². The Labute approximate surface area is 183 Å². The van der Waals surface area contributed by atoms with E-state index in [1.165, 1.54) is 17.4 Å². The molecule has 7 nitrogen and oxygen atoms in total. The Morgan fingerprint density at radius 3 is 2.73 bits per heavy atom. The predicted octanol–water partition coefficient (Wildman–Crippen LogP) is 4.21. The van der Waals surface area contributed by atoms with Crippen molar-refractivity contribution < 1.29 is 26.1 Å². The smallest absolute Gasteiger partial charge is 0.264 e. The van der Waals surface area contributed by atoms with E-state index in [0.717, 1.165) is 56.3 Å². The van der Waals surface area contributed by atoms with Gasteiger partial charge in [-0.3, -0.25) is 4.18 Å². The summed E-state index contributed by atoms with van der Waals surface area (Å²) in [5, 5.41) is 0. The molecule has 2 N–H and O–H groups in total. The maximum absolute atomic E-state index is 11.8. The third kappa shape index (κ3) is 4.12. The van der Waals surface area contributed by atoms with E-state index >= 15 is 0 Å². The highest BCUT2D eigenvalue weighted by Gasteiger charge is 2.56. The molecule has 2 saturated carbocycles. The van der Waals surface area contributed by atoms with Gasteiger partial charge in [0.1, 0.15) is 5.75 Å². The van der Waals surface area contributed by atoms with E-state index in [9.17, 15) is 8.42 Å². The van der Waals surface area contributed by atoms with Crippen LogP contribution >= 0.6 is 12.3 Å². The lowest BCUT2D eigenvalue weighted by Crippen LogP contribution is -2.45. The third-order valence-corrected chi connectivity index (χ3v) is 8.65. The Bertz CT molecular complexity index is 892. The van der Waals surface area contributed by atoms with Crippen molar-refractivity contribution in [1.29, 1.82) is 0 Å². The highest BCUT2D eigenvalue weighted by molar-refractivity contribution is 7.90. The van der Waals surface area contributed by atoms with Crippen molar-refractivity contribution in [2.45, 2.75) is 70.8 Å². The third-order valence-electron chi connectivity index (χ3n) is 7.68. The molecule has 168 valence electrons. The molecule has 0 saturated heterocycles. The zero-order chi connectivity index (χ0) is 21.5. The van der Waals surface area contributed by atoms with Crippen LogP contribution in [0.15, 0.2) is 12.1 Å². The fourth-order valence-electron chi connectivity index (χ4n) is 6.39. The second-order valence-corrected chi connectivity index (χ2v) is 11.2. The van der Waals surface area contributed by atoms with Crippen LogP contribution in [0.2, 0.25) is 0 Å². The summed E-state index contributed by atoms with van der Waals surface area (Å²) in [5.74, 6) is 7.26. The molecule has 4 rings (SSSR count). The van der Waals surface area contributed by atoms with Gasteiger partial charge in [-0.2, -0.15) is 14.3 Å². The van der Waals surface area contributed by atoms with Crippen molar-refractivity contribution in [2.24, 2.45) is 23.1 Å². The molecule has 2 fully saturated rings. The molecule has 3 aliphatic rings. The molecular formula is C21H31NO6S2. The number of rotatable bonds is 7. The highest BCUT2D eigenvalue weighted by Crippen LogP contribution is 2.62. The number of nitrogens with two attached hydrogens (primary N) is 1. The zero-order valence-electron chi connectivity index (χ0n) is 17.8. The van der Waals surface area contributed by atoms with Crippen molar-refractivity contribution in [1.82, 2.24) is 0 Å². The van der Waals surface area contributed by atoms with Crippen molar-refractivity contribution in [3.63, 3.8) is 0 Å². The minimum Gasteiger partial charge on any atom is -0.398 e. The van der Waals surface area contributed by atoms with Gasteiger partial charge in [-0.25, -0.2) is 0 Å². The number of fused-ring (bicyclic) bond motifs is 5. The minimum absolute atomic E-state index is 0.0609. The van der Waals surface area contributed by atoms with Gasteiger partial charge in [0.2, 0.25) is 0 Å². The summed E-state index contributed by atoms with van der Waals surface area (Å²) in [5.41, 5.74) is 3.85. The molecule has 1 aromatic rings. The lowest BCUT2D eigenvalue weighted by atomic mass is 9.55. The molecule has 5 atom stereocenters. The van der Waals surface area contributed by atoms with E-state index in [4.69, 9.17) is 14.3 Å². The molecule has 3 aliphatic carbocycles. The van der Waals surface area contributed by atoms with E-state index in [2.05, 4.69) is 35.3 Å². The summed E-state index contributed by atoms with van der Waals surface area (Å²) in [6.45, 7) is 4.36. The summed E-state index contributed by atoms with van der Waals surface area (Å²) >= 11 is 0.716. The minimum atomic E-state index is -3.44. The molecule has 0 radical (unpaired) electrons. The molecule has 0 aromatic heterocycles. The highest BCUT2D eigenvalue weighted by atomic mass is 32.2. The Morgan fingerprint density at radius 1 is 1.23 bits per heavy atom. The average Bonchev–Trinajstić information content (AvgIpc) is 3.02. The Hall–Kier alpha value is -0.840. The van der Waals surface area contributed by atoms with E-state index in [1.54, 1.807) is 0 Å². The lowest BCUT2D eigenvalue weighted by Gasteiger charge is -2.50. The fourth-order valence-corrected chi connectivity index (χ4v) is 7.41. The normalized spacial score (nSPS) is 32.9. The summed E-state index contributed by atoms with van der Waals surface area (Å²) in [7, 11) is -3.44. The molecular weight excluding hydrogens is 426 g/mol. The van der Waals surface area contributed by atoms with Gasteiger partial charge in [0.25, 0.3) is 22.4 Å². The van der Waals surface area contributed by atoms with Crippen LogP contribution < -0.4 is 10.1 Å². The van der Waals surface area contributed by atoms with Gasteiger partial charge in [-0.15, -0.1) is 9.32 Å². The van der Waals surface area contributed by atoms with Crippen LogP contribution in [0.1, 0.15) is 68.6 Å². The quantitative estimate of drug-likeness (QED) is 0.214. The van der Waals surface area contributed by atoms with Crippen molar-refractivity contribution >= 4 is 22.4 Å². The first-order valence-electron chi connectivity index (χ1n) is 10.7. The number of aryl methyl sites for hydroxylation is 2. The van der Waals surface area contributed by atoms with Gasteiger partial charge in [-0.1, -0.05) is 19.9 Å². The van der Waals surface area contributed by atoms with E-state index in [-0.39, 0.29) is 11.5 Å². The first kappa shape index (κ1) is 22.4. The monoisotopic (exact) mass is 457 g/mol. The van der Waals surface area contributed by atoms with Gasteiger partial charge in [0.05, 0.1) is 12.4 Å². The standard InChI is InChI=1S/C21H31NO6S2/c1-4-13-11-17-14(12-19(13)25-29-28-27-22)5-6-16-15(17)9-10-21(2)18(16)7-8-20(21)26-30(3,23)24/h11-12,15-16,18,20H,4-10,22H2,1-3H3/t15-,16+,18-,20-,21-/m0/s1. The Balaban J connectivity index is 1.58. The molecule has 0 amide bonds. The van der Waals surface area contributed by atoms with Crippen LogP contribution in [0.5, 0.6) is 5.75 Å². The molecule has 0 unspecified atom stereocenters. The van der Waals surface area contributed by atoms with Crippen molar-refractivity contribution in [3.05, 3.63) is 28.8 Å². The van der Waals surface area contributed by atoms with Gasteiger partial charge in [-0.05, 0) is 90.9 Å². The Morgan fingerprint density at radius 2 is 2.03 bits per heavy atom. The summed E-state index contributed by atoms with van der Waals surface area (Å²) in [4.78, 5) is 4.10. The predicted molar refractivity (Wildman–Crippen MR) is 115 cm³/mol. The molecule has 9 heteroatoms. The van der Waals surface area contributed by atoms with Gasteiger partial charge in [0, 0.05) is 0 Å². The average molecular weight is 458 g/mol. The maximum Gasteiger partial charge on any atom is 0.264 e. The van der Waals surface area contributed by atoms with Crippen LogP contribution in [0.4, 0.5) is 0 Å². The number of hydrogen-bond acceptors (Lipinski definition) is 8. The van der Waals surface area contributed by atoms with Crippen LogP contribution in [0.25, 0.3) is 0 Å². The second kappa shape index (κ2) is 8.60. The molecule has 30 heavy (non-hydrogen) atoms. The number of hydrogen-bond donors (Lipinski definition) is 1. The maximum atomic E-state index is 11.8. The van der Waals surface area contributed by atoms with Gasteiger partial charge in [0.15, 0.2) is 0 Å². The summed E-state index contributed by atoms with van der Waals surface area (Å²) in [6, 6.07) is 4.43. The van der Waals surface area contributed by atoms with Crippen LogP contribution in [0, 0.1) is 17.3 Å². The summed E-state index contributed by atoms with van der Waals surface area (Å²) < 4.78 is 39.3. The lowest BCUT2D eigenvalue weighted by molar-refractivity contribution is -0.199. The molecule has 1 aromatic carbocycles. The van der Waals surface area contributed by atoms with E-state index in [0.29, 0.717) is 30.1 Å². The fraction of sp³-hybridized carbons (Fsp3) is 0.714. The Kier molecular flexibility index (Phi) is 6.41. The van der Waals surface area contributed by atoms with Crippen LogP contribution in [-0.2, 0) is 36.5 Å². The second-order valence-electron chi connectivity index (χ2n) is 9.15. The SMILES string of the molecule is CCc1cc2c(cc1OSOON)CC[C@@H]1[C@@H]2CC[C@]2(C)[C@@H](OS(C)(=O)=O)CC[C@@H]12. The first-order valence-corrected chi connectivity index (χ1v) is 13.2.